The van der Waals surface area contributed by atoms with E-state index in [1.807, 2.05) is 0 Å². The van der Waals surface area contributed by atoms with E-state index in [1.54, 1.807) is 5.30 Å². The van der Waals surface area contributed by atoms with E-state index in [2.05, 4.69) is 113 Å². The van der Waals surface area contributed by atoms with Gasteiger partial charge in [-0.2, -0.15) is 0 Å². The van der Waals surface area contributed by atoms with Crippen molar-refractivity contribution in [2.45, 2.75) is 118 Å². The van der Waals surface area contributed by atoms with Crippen molar-refractivity contribution < 1.29 is 9.47 Å². The molecule has 0 bridgehead atoms. The van der Waals surface area contributed by atoms with Crippen LogP contribution >= 0.6 is 7.92 Å². The molecule has 0 saturated carbocycles. The van der Waals surface area contributed by atoms with E-state index in [0.717, 1.165) is 38.9 Å². The van der Waals surface area contributed by atoms with Gasteiger partial charge in [0, 0.05) is 18.3 Å². The van der Waals surface area contributed by atoms with Crippen molar-refractivity contribution in [2.75, 3.05) is 13.2 Å². The van der Waals surface area contributed by atoms with Crippen LogP contribution in [0.2, 0.25) is 0 Å². The Morgan fingerprint density at radius 2 is 1.24 bits per heavy atom. The number of hydrogen-bond acceptors (Lipinski definition) is 2. The van der Waals surface area contributed by atoms with Crippen LogP contribution in [-0.2, 0) is 22.3 Å². The van der Waals surface area contributed by atoms with Crippen molar-refractivity contribution in [3.8, 4) is 11.1 Å². The molecule has 210 valence electrons. The van der Waals surface area contributed by atoms with Gasteiger partial charge in [-0.1, -0.05) is 119 Å². The van der Waals surface area contributed by atoms with Crippen molar-refractivity contribution in [2.24, 2.45) is 17.3 Å². The fourth-order valence-electron chi connectivity index (χ4n) is 7.32. The molecule has 2 aliphatic heterocycles. The lowest BCUT2D eigenvalue weighted by molar-refractivity contribution is -0.310. The average molecular weight is 537 g/mol. The average Bonchev–Trinajstić information content (AvgIpc) is 2.74. The molecule has 0 amide bonds. The molecule has 0 aromatic heterocycles. The van der Waals surface area contributed by atoms with Crippen molar-refractivity contribution in [3.05, 3.63) is 53.1 Å². The number of hydrogen-bond donors (Lipinski definition) is 0. The van der Waals surface area contributed by atoms with Gasteiger partial charge in [-0.3, -0.25) is 0 Å². The van der Waals surface area contributed by atoms with Gasteiger partial charge >= 0.3 is 0 Å². The number of aryl methyl sites for hydroxylation is 1. The van der Waals surface area contributed by atoms with Crippen LogP contribution in [0.4, 0.5) is 0 Å². The van der Waals surface area contributed by atoms with Crippen molar-refractivity contribution in [1.29, 1.82) is 0 Å². The standard InChI is InChI=1S/C35H53O2P/c1-24(2)16-27-18-26(5)19-28(17-25(3)4)31(27)29-14-12-13-15-30(29)38-33(8,9)20-35(21-34(38,10)11)36-22-32(6,7)23-37-35/h12-15,18-19,24-25H,16-17,20-23H2,1-11H3. The van der Waals surface area contributed by atoms with Crippen LogP contribution in [0.3, 0.4) is 0 Å². The van der Waals surface area contributed by atoms with E-state index in [4.69, 9.17) is 9.47 Å². The highest BCUT2D eigenvalue weighted by Gasteiger charge is 2.57. The second-order valence-corrected chi connectivity index (χ2v) is 18.7. The SMILES string of the molecule is Cc1cc(CC(C)C)c(-c2ccccc2P2C(C)(C)CC3(CC2(C)C)OCC(C)(C)CO3)c(CC(C)C)c1. The maximum Gasteiger partial charge on any atom is 0.170 e. The Morgan fingerprint density at radius 1 is 0.763 bits per heavy atom. The third kappa shape index (κ3) is 6.24. The minimum absolute atomic E-state index is 0.0792. The first kappa shape index (κ1) is 29.8. The predicted octanol–water partition coefficient (Wildman–Crippen LogP) is 9.29. The molecule has 2 heterocycles. The van der Waals surface area contributed by atoms with Crippen LogP contribution in [0.1, 0.15) is 98.8 Å². The van der Waals surface area contributed by atoms with Gasteiger partial charge in [-0.25, -0.2) is 0 Å². The van der Waals surface area contributed by atoms with Crippen molar-refractivity contribution >= 4 is 13.2 Å². The zero-order valence-electron chi connectivity index (χ0n) is 26.1. The van der Waals surface area contributed by atoms with Crippen LogP contribution in [0.25, 0.3) is 11.1 Å². The summed E-state index contributed by atoms with van der Waals surface area (Å²) in [5.74, 6) is 0.770. The first-order chi connectivity index (χ1) is 17.5. The first-order valence-corrected chi connectivity index (χ1v) is 16.2. The molecule has 2 saturated heterocycles. The van der Waals surface area contributed by atoms with E-state index in [9.17, 15) is 0 Å². The molecule has 2 nitrogen and oxygen atoms in total. The smallest absolute Gasteiger partial charge is 0.170 e. The maximum absolute atomic E-state index is 6.62. The highest BCUT2D eigenvalue weighted by molar-refractivity contribution is 7.69. The molecule has 4 rings (SSSR count). The molecule has 2 aliphatic rings. The molecular weight excluding hydrogens is 483 g/mol. The third-order valence-corrected chi connectivity index (χ3v) is 11.8. The molecule has 1 spiro atoms. The van der Waals surface area contributed by atoms with Crippen LogP contribution < -0.4 is 5.30 Å². The summed E-state index contributed by atoms with van der Waals surface area (Å²) < 4.78 is 13.2. The fourth-order valence-corrected chi connectivity index (χ4v) is 11.7. The molecule has 0 radical (unpaired) electrons. The number of ether oxygens (including phenoxy) is 2. The summed E-state index contributed by atoms with van der Waals surface area (Å²) in [6, 6.07) is 14.3. The number of rotatable bonds is 6. The number of benzene rings is 2. The molecule has 0 unspecified atom stereocenters. The summed E-state index contributed by atoms with van der Waals surface area (Å²) in [7, 11) is -0.506. The molecule has 0 aliphatic carbocycles. The molecule has 0 atom stereocenters. The van der Waals surface area contributed by atoms with Gasteiger partial charge in [0.25, 0.3) is 0 Å². The summed E-state index contributed by atoms with van der Waals surface area (Å²) in [6.07, 6.45) is 4.12. The van der Waals surface area contributed by atoms with Gasteiger partial charge in [-0.05, 0) is 69.5 Å². The summed E-state index contributed by atoms with van der Waals surface area (Å²) in [6.45, 7) is 27.6. The minimum Gasteiger partial charge on any atom is -0.349 e. The first-order valence-electron chi connectivity index (χ1n) is 14.8. The third-order valence-electron chi connectivity index (χ3n) is 8.18. The Labute approximate surface area is 235 Å². The van der Waals surface area contributed by atoms with Crippen molar-refractivity contribution in [1.82, 2.24) is 0 Å². The highest BCUT2D eigenvalue weighted by Crippen LogP contribution is 2.69. The highest BCUT2D eigenvalue weighted by atomic mass is 31.1. The van der Waals surface area contributed by atoms with Crippen LogP contribution in [0, 0.1) is 24.2 Å². The largest absolute Gasteiger partial charge is 0.349 e. The van der Waals surface area contributed by atoms with Gasteiger partial charge < -0.3 is 9.47 Å². The Kier molecular flexibility index (Phi) is 8.34. The summed E-state index contributed by atoms with van der Waals surface area (Å²) in [5.41, 5.74) is 7.48. The zero-order valence-corrected chi connectivity index (χ0v) is 27.0. The normalized spacial score (nSPS) is 22.3. The quantitative estimate of drug-likeness (QED) is 0.343. The Hall–Kier alpha value is -1.21. The molecule has 2 aromatic carbocycles. The van der Waals surface area contributed by atoms with E-state index in [1.165, 1.54) is 27.8 Å². The van der Waals surface area contributed by atoms with Crippen LogP contribution in [-0.4, -0.2) is 29.3 Å². The molecule has 38 heavy (non-hydrogen) atoms. The minimum atomic E-state index is -0.506. The predicted molar refractivity (Wildman–Crippen MR) is 166 cm³/mol. The molecular formula is C35H53O2P. The lowest BCUT2D eigenvalue weighted by atomic mass is 9.85. The van der Waals surface area contributed by atoms with Gasteiger partial charge in [0.1, 0.15) is 0 Å². The summed E-state index contributed by atoms with van der Waals surface area (Å²) in [4.78, 5) is 0. The second kappa shape index (κ2) is 10.6. The summed E-state index contributed by atoms with van der Waals surface area (Å²) >= 11 is 0. The zero-order chi connectivity index (χ0) is 28.1. The lowest BCUT2D eigenvalue weighted by Gasteiger charge is -2.59. The Bertz CT molecular complexity index is 1080. The van der Waals surface area contributed by atoms with E-state index in [0.29, 0.717) is 11.8 Å². The van der Waals surface area contributed by atoms with E-state index < -0.39 is 13.7 Å². The Balaban J connectivity index is 1.85. The lowest BCUT2D eigenvalue weighted by Crippen LogP contribution is -2.58. The molecule has 2 fully saturated rings. The van der Waals surface area contributed by atoms with Crippen molar-refractivity contribution in [3.63, 3.8) is 0 Å². The van der Waals surface area contributed by atoms with Gasteiger partial charge in [0.2, 0.25) is 0 Å². The van der Waals surface area contributed by atoms with Gasteiger partial charge in [0.15, 0.2) is 5.79 Å². The van der Waals surface area contributed by atoms with Gasteiger partial charge in [-0.15, -0.1) is 0 Å². The summed E-state index contributed by atoms with van der Waals surface area (Å²) in [5, 5.41) is 1.72. The molecule has 3 heteroatoms. The Morgan fingerprint density at radius 3 is 1.71 bits per heavy atom. The van der Waals surface area contributed by atoms with Crippen LogP contribution in [0.15, 0.2) is 36.4 Å². The van der Waals surface area contributed by atoms with Crippen LogP contribution in [0.5, 0.6) is 0 Å². The fraction of sp³-hybridized carbons (Fsp3) is 0.657. The van der Waals surface area contributed by atoms with E-state index >= 15 is 0 Å². The molecule has 2 aromatic rings. The maximum atomic E-state index is 6.62. The van der Waals surface area contributed by atoms with E-state index in [-0.39, 0.29) is 15.7 Å². The molecule has 0 N–H and O–H groups in total. The second-order valence-electron chi connectivity index (χ2n) is 15.1. The topological polar surface area (TPSA) is 18.5 Å². The van der Waals surface area contributed by atoms with Gasteiger partial charge in [0.05, 0.1) is 13.2 Å². The monoisotopic (exact) mass is 536 g/mol.